The lowest BCUT2D eigenvalue weighted by atomic mass is 9.79. The van der Waals surface area contributed by atoms with Gasteiger partial charge in [0.2, 0.25) is 0 Å². The molecule has 0 heterocycles. The number of nitrogen functional groups attached to an aromatic ring is 1. The maximum Gasteiger partial charge on any atom is 0.303 e. The van der Waals surface area contributed by atoms with E-state index in [1.54, 1.807) is 0 Å². The Morgan fingerprint density at radius 3 is 2.48 bits per heavy atom. The third kappa shape index (κ3) is 5.38. The van der Waals surface area contributed by atoms with Crippen LogP contribution in [0.4, 0.5) is 11.4 Å². The number of nitrogens with two attached hydrogens (primary N) is 1. The molecular formula is C21H34N2O2. The first kappa shape index (κ1) is 19.6. The van der Waals surface area contributed by atoms with Gasteiger partial charge in [0, 0.05) is 6.04 Å². The van der Waals surface area contributed by atoms with Crippen molar-refractivity contribution in [3.63, 3.8) is 0 Å². The molecule has 4 nitrogen and oxygen atoms in total. The summed E-state index contributed by atoms with van der Waals surface area (Å²) in [4.78, 5) is 11.0. The summed E-state index contributed by atoms with van der Waals surface area (Å²) >= 11 is 0. The first-order valence-corrected chi connectivity index (χ1v) is 9.80. The van der Waals surface area contributed by atoms with Gasteiger partial charge in [-0.25, -0.2) is 0 Å². The van der Waals surface area contributed by atoms with E-state index in [1.165, 1.54) is 32.1 Å². The van der Waals surface area contributed by atoms with E-state index in [0.717, 1.165) is 23.4 Å². The van der Waals surface area contributed by atoms with Gasteiger partial charge in [-0.15, -0.1) is 0 Å². The molecule has 1 aliphatic rings. The molecule has 1 saturated carbocycles. The van der Waals surface area contributed by atoms with Crippen molar-refractivity contribution in [3.8, 4) is 0 Å². The van der Waals surface area contributed by atoms with Crippen molar-refractivity contribution in [2.75, 3.05) is 11.1 Å². The van der Waals surface area contributed by atoms with Crippen molar-refractivity contribution in [3.05, 3.63) is 23.8 Å². The van der Waals surface area contributed by atoms with Crippen LogP contribution in [0.3, 0.4) is 0 Å². The van der Waals surface area contributed by atoms with Gasteiger partial charge in [-0.1, -0.05) is 46.1 Å². The molecule has 0 saturated heterocycles. The molecule has 2 atom stereocenters. The maximum atomic E-state index is 11.0. The van der Waals surface area contributed by atoms with E-state index in [4.69, 9.17) is 10.8 Å². The minimum absolute atomic E-state index is 0.0214. The van der Waals surface area contributed by atoms with E-state index in [1.807, 2.05) is 25.1 Å². The molecule has 1 aliphatic carbocycles. The number of hydrogen-bond acceptors (Lipinski definition) is 3. The zero-order valence-electron chi connectivity index (χ0n) is 15.9. The van der Waals surface area contributed by atoms with Crippen LogP contribution in [0.1, 0.15) is 77.2 Å². The molecule has 0 aromatic heterocycles. The van der Waals surface area contributed by atoms with Gasteiger partial charge in [0.25, 0.3) is 0 Å². The molecule has 4 heteroatoms. The summed E-state index contributed by atoms with van der Waals surface area (Å²) in [7, 11) is 0. The molecule has 2 unspecified atom stereocenters. The molecule has 1 fully saturated rings. The van der Waals surface area contributed by atoms with E-state index in [2.05, 4.69) is 19.2 Å². The summed E-state index contributed by atoms with van der Waals surface area (Å²) in [5, 5.41) is 12.8. The second-order valence-electron chi connectivity index (χ2n) is 7.86. The van der Waals surface area contributed by atoms with E-state index in [-0.39, 0.29) is 12.3 Å². The number of benzene rings is 1. The van der Waals surface area contributed by atoms with Gasteiger partial charge in [-0.3, -0.25) is 4.79 Å². The fourth-order valence-corrected chi connectivity index (χ4v) is 4.18. The highest BCUT2D eigenvalue weighted by atomic mass is 16.4. The maximum absolute atomic E-state index is 11.0. The number of carboxylic acid groups (broad SMARTS) is 1. The predicted molar refractivity (Wildman–Crippen MR) is 105 cm³/mol. The Hall–Kier alpha value is -1.71. The summed E-state index contributed by atoms with van der Waals surface area (Å²) in [6, 6.07) is 6.47. The molecule has 140 valence electrons. The van der Waals surface area contributed by atoms with Crippen LogP contribution in [0.25, 0.3) is 0 Å². The van der Waals surface area contributed by atoms with E-state index < -0.39 is 5.97 Å². The third-order valence-electron chi connectivity index (χ3n) is 5.66. The molecule has 1 aromatic rings. The number of aliphatic carboxylic acids is 1. The largest absolute Gasteiger partial charge is 0.481 e. The van der Waals surface area contributed by atoms with Gasteiger partial charge < -0.3 is 16.2 Å². The van der Waals surface area contributed by atoms with Gasteiger partial charge >= 0.3 is 5.97 Å². The summed E-state index contributed by atoms with van der Waals surface area (Å²) in [6.45, 7) is 6.57. The van der Waals surface area contributed by atoms with Crippen LogP contribution >= 0.6 is 0 Å². The van der Waals surface area contributed by atoms with Crippen LogP contribution in [0.5, 0.6) is 0 Å². The van der Waals surface area contributed by atoms with Crippen molar-refractivity contribution < 1.29 is 9.90 Å². The standard InChI is InChI=1S/C21H34N2O2/c1-4-15(13-20(24)25)17-10-11-19(18(22)12-17)23-21(14(2)3)16-8-6-5-7-9-16/h10-12,14-16,21,23H,4-9,13,22H2,1-3H3,(H,24,25). The van der Waals surface area contributed by atoms with E-state index in [0.29, 0.717) is 17.9 Å². The minimum Gasteiger partial charge on any atom is -0.481 e. The highest BCUT2D eigenvalue weighted by molar-refractivity contribution is 5.70. The van der Waals surface area contributed by atoms with Gasteiger partial charge in [0.05, 0.1) is 17.8 Å². The lowest BCUT2D eigenvalue weighted by molar-refractivity contribution is -0.137. The molecule has 1 aromatic carbocycles. The monoisotopic (exact) mass is 346 g/mol. The smallest absolute Gasteiger partial charge is 0.303 e. The van der Waals surface area contributed by atoms with Gasteiger partial charge in [-0.2, -0.15) is 0 Å². The van der Waals surface area contributed by atoms with E-state index in [9.17, 15) is 4.79 Å². The fraction of sp³-hybridized carbons (Fsp3) is 0.667. The molecule has 25 heavy (non-hydrogen) atoms. The molecule has 4 N–H and O–H groups in total. The molecule has 0 radical (unpaired) electrons. The lowest BCUT2D eigenvalue weighted by Crippen LogP contribution is -2.35. The molecule has 0 aliphatic heterocycles. The van der Waals surface area contributed by atoms with Crippen LogP contribution in [-0.2, 0) is 4.79 Å². The Morgan fingerprint density at radius 2 is 1.96 bits per heavy atom. The first-order valence-electron chi connectivity index (χ1n) is 9.80. The van der Waals surface area contributed by atoms with Crippen molar-refractivity contribution in [1.29, 1.82) is 0 Å². The number of anilines is 2. The van der Waals surface area contributed by atoms with Crippen LogP contribution < -0.4 is 11.1 Å². The second-order valence-corrected chi connectivity index (χ2v) is 7.86. The Kier molecular flexibility index (Phi) is 7.15. The Bertz CT molecular complexity index is 565. The highest BCUT2D eigenvalue weighted by Crippen LogP contribution is 2.34. The van der Waals surface area contributed by atoms with Crippen molar-refractivity contribution in [2.45, 2.75) is 77.7 Å². The highest BCUT2D eigenvalue weighted by Gasteiger charge is 2.26. The summed E-state index contributed by atoms with van der Waals surface area (Å²) < 4.78 is 0. The normalized spacial score (nSPS) is 18.1. The number of carboxylic acids is 1. The second kappa shape index (κ2) is 9.12. The number of hydrogen-bond donors (Lipinski definition) is 3. The zero-order chi connectivity index (χ0) is 18.4. The van der Waals surface area contributed by atoms with Crippen LogP contribution in [0, 0.1) is 11.8 Å². The average molecular weight is 347 g/mol. The Labute approximate surface area is 152 Å². The summed E-state index contributed by atoms with van der Waals surface area (Å²) in [5.41, 5.74) is 9.04. The van der Waals surface area contributed by atoms with Gasteiger partial charge in [-0.05, 0) is 54.7 Å². The zero-order valence-corrected chi connectivity index (χ0v) is 15.9. The SMILES string of the molecule is CCC(CC(=O)O)c1ccc(NC(C(C)C)C2CCCCC2)c(N)c1. The molecule has 0 amide bonds. The van der Waals surface area contributed by atoms with Crippen LogP contribution in [0.2, 0.25) is 0 Å². The lowest BCUT2D eigenvalue weighted by Gasteiger charge is -2.34. The number of carbonyl (C=O) groups is 1. The molecular weight excluding hydrogens is 312 g/mol. The fourth-order valence-electron chi connectivity index (χ4n) is 4.18. The summed E-state index contributed by atoms with van der Waals surface area (Å²) in [5.74, 6) is 0.527. The van der Waals surface area contributed by atoms with Gasteiger partial charge in [0.1, 0.15) is 0 Å². The Morgan fingerprint density at radius 1 is 1.28 bits per heavy atom. The van der Waals surface area contributed by atoms with Crippen molar-refractivity contribution in [2.24, 2.45) is 11.8 Å². The topological polar surface area (TPSA) is 75.3 Å². The minimum atomic E-state index is -0.759. The summed E-state index contributed by atoms with van der Waals surface area (Å²) in [6.07, 6.45) is 7.57. The number of nitrogens with one attached hydrogen (secondary N) is 1. The number of rotatable bonds is 8. The molecule has 2 rings (SSSR count). The van der Waals surface area contributed by atoms with Crippen molar-refractivity contribution >= 4 is 17.3 Å². The van der Waals surface area contributed by atoms with E-state index >= 15 is 0 Å². The van der Waals surface area contributed by atoms with Crippen LogP contribution in [0.15, 0.2) is 18.2 Å². The Balaban J connectivity index is 2.14. The quantitative estimate of drug-likeness (QED) is 0.562. The van der Waals surface area contributed by atoms with Crippen molar-refractivity contribution in [1.82, 2.24) is 0 Å². The first-order chi connectivity index (χ1) is 11.9. The molecule has 0 spiro atoms. The average Bonchev–Trinajstić information content (AvgIpc) is 2.58. The molecule has 0 bridgehead atoms. The predicted octanol–water partition coefficient (Wildman–Crippen LogP) is 5.25. The third-order valence-corrected chi connectivity index (χ3v) is 5.66. The van der Waals surface area contributed by atoms with Gasteiger partial charge in [0.15, 0.2) is 0 Å². The van der Waals surface area contributed by atoms with Crippen LogP contribution in [-0.4, -0.2) is 17.1 Å².